The summed E-state index contributed by atoms with van der Waals surface area (Å²) in [5, 5.41) is 5.63. The van der Waals surface area contributed by atoms with Crippen LogP contribution in [0.15, 0.2) is 18.2 Å². The lowest BCUT2D eigenvalue weighted by atomic mass is 9.84. The van der Waals surface area contributed by atoms with Crippen LogP contribution in [0.5, 0.6) is 0 Å². The average Bonchev–Trinajstić information content (AvgIpc) is 2.32. The molecule has 17 heavy (non-hydrogen) atoms. The molecule has 1 saturated heterocycles. The largest absolute Gasteiger partial charge is 0.436 e. The Morgan fingerprint density at radius 3 is 3.06 bits per heavy atom. The fraction of sp³-hybridized carbons (Fsp3) is 0.417. The highest BCUT2D eigenvalue weighted by Crippen LogP contribution is 2.41. The molecule has 90 valence electrons. The van der Waals surface area contributed by atoms with E-state index in [-0.39, 0.29) is 5.69 Å². The molecule has 5 heteroatoms. The second-order valence-electron chi connectivity index (χ2n) is 4.45. The van der Waals surface area contributed by atoms with Gasteiger partial charge in [0.2, 0.25) is 0 Å². The number of hydrogen-bond acceptors (Lipinski definition) is 3. The Morgan fingerprint density at radius 1 is 1.41 bits per heavy atom. The Labute approximate surface area is 98.1 Å². The van der Waals surface area contributed by atoms with Crippen LogP contribution in [0, 0.1) is 5.82 Å². The van der Waals surface area contributed by atoms with Crippen LogP contribution < -0.4 is 10.6 Å². The molecule has 0 aromatic heterocycles. The minimum Gasteiger partial charge on any atom is -0.436 e. The first-order chi connectivity index (χ1) is 8.21. The van der Waals surface area contributed by atoms with E-state index < -0.39 is 17.5 Å². The number of rotatable bonds is 0. The number of fused-ring (bicyclic) bond motifs is 2. The summed E-state index contributed by atoms with van der Waals surface area (Å²) in [5.74, 6) is -0.413. The standard InChI is InChI=1S/C12H13FN2O2/c13-9-4-1-3-8-10(9)15-11(16)17-12(8)5-2-6-14-7-12/h1,3-4,14H,2,5-7H2,(H,15,16). The highest BCUT2D eigenvalue weighted by Gasteiger charge is 2.43. The van der Waals surface area contributed by atoms with Crippen molar-refractivity contribution in [2.75, 3.05) is 18.4 Å². The third kappa shape index (κ3) is 1.58. The van der Waals surface area contributed by atoms with Crippen LogP contribution in [-0.4, -0.2) is 19.2 Å². The van der Waals surface area contributed by atoms with E-state index in [4.69, 9.17) is 4.74 Å². The normalized spacial score (nSPS) is 27.2. The fourth-order valence-corrected chi connectivity index (χ4v) is 2.59. The molecular formula is C12H13FN2O2. The van der Waals surface area contributed by atoms with Gasteiger partial charge in [0, 0.05) is 12.1 Å². The minimum atomic E-state index is -0.710. The van der Waals surface area contributed by atoms with Crippen molar-refractivity contribution in [2.45, 2.75) is 18.4 Å². The number of carbonyl (C=O) groups is 1. The SMILES string of the molecule is O=C1Nc2c(F)cccc2C2(CCCNC2)O1. The van der Waals surface area contributed by atoms with Crippen LogP contribution in [-0.2, 0) is 10.3 Å². The van der Waals surface area contributed by atoms with E-state index >= 15 is 0 Å². The number of carbonyl (C=O) groups excluding carboxylic acids is 1. The Morgan fingerprint density at radius 2 is 2.29 bits per heavy atom. The molecule has 2 heterocycles. The van der Waals surface area contributed by atoms with E-state index in [1.165, 1.54) is 6.07 Å². The first-order valence-electron chi connectivity index (χ1n) is 5.71. The number of anilines is 1. The van der Waals surface area contributed by atoms with Gasteiger partial charge >= 0.3 is 6.09 Å². The molecule has 1 unspecified atom stereocenters. The Kier molecular flexibility index (Phi) is 2.29. The lowest BCUT2D eigenvalue weighted by molar-refractivity contribution is -0.00760. The van der Waals surface area contributed by atoms with E-state index in [0.717, 1.165) is 24.9 Å². The molecule has 1 atom stereocenters. The van der Waals surface area contributed by atoms with E-state index in [1.807, 2.05) is 6.07 Å². The highest BCUT2D eigenvalue weighted by atomic mass is 19.1. The van der Waals surface area contributed by atoms with Crippen molar-refractivity contribution >= 4 is 11.8 Å². The summed E-state index contributed by atoms with van der Waals surface area (Å²) < 4.78 is 19.1. The number of piperidine rings is 1. The second-order valence-corrected chi connectivity index (χ2v) is 4.45. The van der Waals surface area contributed by atoms with Crippen molar-refractivity contribution in [2.24, 2.45) is 0 Å². The molecule has 0 aliphatic carbocycles. The molecule has 0 radical (unpaired) electrons. The molecule has 3 rings (SSSR count). The summed E-state index contributed by atoms with van der Waals surface area (Å²) in [5.41, 5.74) is 0.273. The number of hydrogen-bond donors (Lipinski definition) is 2. The third-order valence-corrected chi connectivity index (χ3v) is 3.36. The molecule has 4 nitrogen and oxygen atoms in total. The van der Waals surface area contributed by atoms with Crippen molar-refractivity contribution in [3.05, 3.63) is 29.6 Å². The Bertz CT molecular complexity index is 470. The zero-order valence-electron chi connectivity index (χ0n) is 9.25. The van der Waals surface area contributed by atoms with Gasteiger partial charge in [0.25, 0.3) is 0 Å². The number of halogens is 1. The maximum atomic E-state index is 13.7. The van der Waals surface area contributed by atoms with Gasteiger partial charge in [0.1, 0.15) is 5.82 Å². The van der Waals surface area contributed by atoms with Crippen molar-refractivity contribution in [1.82, 2.24) is 5.32 Å². The van der Waals surface area contributed by atoms with Crippen LogP contribution in [0.3, 0.4) is 0 Å². The van der Waals surface area contributed by atoms with Crippen molar-refractivity contribution in [3.63, 3.8) is 0 Å². The summed E-state index contributed by atoms with van der Waals surface area (Å²) in [6.07, 6.45) is 1.05. The molecule has 1 aromatic carbocycles. The van der Waals surface area contributed by atoms with Gasteiger partial charge in [-0.25, -0.2) is 9.18 Å². The second kappa shape index (κ2) is 3.70. The molecule has 1 aromatic rings. The number of para-hydroxylation sites is 1. The average molecular weight is 236 g/mol. The zero-order chi connectivity index (χ0) is 11.9. The summed E-state index contributed by atoms with van der Waals surface area (Å²) in [7, 11) is 0. The molecule has 2 aliphatic heterocycles. The Balaban J connectivity index is 2.13. The van der Waals surface area contributed by atoms with Crippen LogP contribution in [0.25, 0.3) is 0 Å². The van der Waals surface area contributed by atoms with Gasteiger partial charge in [-0.15, -0.1) is 0 Å². The quantitative estimate of drug-likeness (QED) is 0.724. The number of amides is 1. The predicted molar refractivity (Wildman–Crippen MR) is 60.3 cm³/mol. The topological polar surface area (TPSA) is 50.4 Å². The molecule has 2 aliphatic rings. The molecule has 0 bridgehead atoms. The molecule has 1 fully saturated rings. The first-order valence-corrected chi connectivity index (χ1v) is 5.71. The summed E-state index contributed by atoms with van der Waals surface area (Å²) >= 11 is 0. The number of benzene rings is 1. The van der Waals surface area contributed by atoms with Crippen molar-refractivity contribution in [1.29, 1.82) is 0 Å². The van der Waals surface area contributed by atoms with Crippen LogP contribution in [0.2, 0.25) is 0 Å². The minimum absolute atomic E-state index is 0.257. The summed E-state index contributed by atoms with van der Waals surface area (Å²) in [6, 6.07) is 4.80. The lowest BCUT2D eigenvalue weighted by Gasteiger charge is -2.41. The zero-order valence-corrected chi connectivity index (χ0v) is 9.25. The van der Waals surface area contributed by atoms with Gasteiger partial charge < -0.3 is 10.1 Å². The lowest BCUT2D eigenvalue weighted by Crippen LogP contribution is -2.50. The maximum Gasteiger partial charge on any atom is 0.412 e. The van der Waals surface area contributed by atoms with Gasteiger partial charge in [0.05, 0.1) is 5.69 Å². The third-order valence-electron chi connectivity index (χ3n) is 3.36. The smallest absolute Gasteiger partial charge is 0.412 e. The van der Waals surface area contributed by atoms with Crippen LogP contribution in [0.4, 0.5) is 14.9 Å². The van der Waals surface area contributed by atoms with E-state index in [2.05, 4.69) is 10.6 Å². The highest BCUT2D eigenvalue weighted by molar-refractivity contribution is 5.89. The number of nitrogens with one attached hydrogen (secondary N) is 2. The first kappa shape index (κ1) is 10.5. The molecule has 0 saturated carbocycles. The van der Waals surface area contributed by atoms with Gasteiger partial charge in [-0.3, -0.25) is 5.32 Å². The number of ether oxygens (including phenoxy) is 1. The van der Waals surface area contributed by atoms with Crippen LogP contribution >= 0.6 is 0 Å². The van der Waals surface area contributed by atoms with E-state index in [0.29, 0.717) is 6.54 Å². The summed E-state index contributed by atoms with van der Waals surface area (Å²) in [6.45, 7) is 1.44. The maximum absolute atomic E-state index is 13.7. The van der Waals surface area contributed by atoms with Crippen molar-refractivity contribution in [3.8, 4) is 0 Å². The van der Waals surface area contributed by atoms with E-state index in [1.54, 1.807) is 6.07 Å². The van der Waals surface area contributed by atoms with Gasteiger partial charge in [-0.05, 0) is 25.5 Å². The van der Waals surface area contributed by atoms with Gasteiger partial charge in [-0.1, -0.05) is 12.1 Å². The Hall–Kier alpha value is -1.62. The van der Waals surface area contributed by atoms with Crippen LogP contribution in [0.1, 0.15) is 18.4 Å². The molecule has 1 spiro atoms. The monoisotopic (exact) mass is 236 g/mol. The fourth-order valence-electron chi connectivity index (χ4n) is 2.59. The van der Waals surface area contributed by atoms with Gasteiger partial charge in [0.15, 0.2) is 5.60 Å². The van der Waals surface area contributed by atoms with Crippen molar-refractivity contribution < 1.29 is 13.9 Å². The molecule has 2 N–H and O–H groups in total. The predicted octanol–water partition coefficient (Wildman–Crippen LogP) is 1.97. The summed E-state index contributed by atoms with van der Waals surface area (Å²) in [4.78, 5) is 11.5. The van der Waals surface area contributed by atoms with E-state index in [9.17, 15) is 9.18 Å². The van der Waals surface area contributed by atoms with Gasteiger partial charge in [-0.2, -0.15) is 0 Å². The molecule has 1 amide bonds. The molecular weight excluding hydrogens is 223 g/mol.